The van der Waals surface area contributed by atoms with E-state index in [-0.39, 0.29) is 17.7 Å². The van der Waals surface area contributed by atoms with Gasteiger partial charge in [-0.2, -0.15) is 0 Å². The van der Waals surface area contributed by atoms with Gasteiger partial charge in [-0.1, -0.05) is 5.11 Å². The number of azide groups is 1. The average Bonchev–Trinajstić information content (AvgIpc) is 2.38. The molecule has 2 saturated heterocycles. The van der Waals surface area contributed by atoms with Crippen LogP contribution in [0.15, 0.2) is 5.11 Å². The molecule has 2 rings (SSSR count). The molecule has 0 saturated carbocycles. The molecule has 0 aromatic carbocycles. The van der Waals surface area contributed by atoms with Crippen LogP contribution in [0, 0.1) is 0 Å². The summed E-state index contributed by atoms with van der Waals surface area (Å²) in [6, 6.07) is 0.0110. The van der Waals surface area contributed by atoms with Crippen molar-refractivity contribution in [2.75, 3.05) is 19.7 Å². The number of nitrogens with zero attached hydrogens (tertiary/aromatic N) is 4. The Morgan fingerprint density at radius 1 is 1.43 bits per heavy atom. The fraction of sp³-hybridized carbons (Fsp3) is 0.929. The van der Waals surface area contributed by atoms with E-state index in [1.54, 1.807) is 4.90 Å². The van der Waals surface area contributed by atoms with Crippen molar-refractivity contribution in [2.24, 2.45) is 5.11 Å². The second kappa shape index (κ2) is 6.12. The maximum Gasteiger partial charge on any atom is 0.410 e. The Labute approximate surface area is 125 Å². The van der Waals surface area contributed by atoms with Crippen molar-refractivity contribution in [2.45, 2.75) is 63.7 Å². The fourth-order valence-electron chi connectivity index (χ4n) is 2.95. The van der Waals surface area contributed by atoms with Gasteiger partial charge in [0.15, 0.2) is 0 Å². The third-order valence-electron chi connectivity index (χ3n) is 4.01. The standard InChI is InChI=1S/C14H24N4O3/c1-13(2,3)21-12(19)18-7-5-14(6-8-18)10-11(16-17-15)4-9-20-14/h11H,4-10H2,1-3H3. The van der Waals surface area contributed by atoms with Gasteiger partial charge in [0, 0.05) is 30.6 Å². The van der Waals surface area contributed by atoms with E-state index in [4.69, 9.17) is 15.0 Å². The number of carbonyl (C=O) groups excluding carboxylic acids is 1. The first-order chi connectivity index (χ1) is 9.84. The lowest BCUT2D eigenvalue weighted by Gasteiger charge is -2.45. The van der Waals surface area contributed by atoms with Gasteiger partial charge in [-0.3, -0.25) is 0 Å². The first-order valence-corrected chi connectivity index (χ1v) is 7.50. The highest BCUT2D eigenvalue weighted by molar-refractivity contribution is 5.68. The Kier molecular flexibility index (Phi) is 4.64. The minimum atomic E-state index is -0.472. The molecule has 0 radical (unpaired) electrons. The predicted octanol–water partition coefficient (Wildman–Crippen LogP) is 3.25. The molecule has 2 aliphatic heterocycles. The largest absolute Gasteiger partial charge is 0.444 e. The summed E-state index contributed by atoms with van der Waals surface area (Å²) in [4.78, 5) is 16.7. The van der Waals surface area contributed by atoms with Crippen molar-refractivity contribution < 1.29 is 14.3 Å². The predicted molar refractivity (Wildman–Crippen MR) is 77.9 cm³/mol. The zero-order chi connectivity index (χ0) is 15.5. The van der Waals surface area contributed by atoms with Crippen molar-refractivity contribution >= 4 is 6.09 Å². The molecule has 1 unspecified atom stereocenters. The second-order valence-electron chi connectivity index (χ2n) is 6.85. The van der Waals surface area contributed by atoms with Gasteiger partial charge in [-0.25, -0.2) is 4.79 Å². The van der Waals surface area contributed by atoms with Gasteiger partial charge < -0.3 is 14.4 Å². The highest BCUT2D eigenvalue weighted by Crippen LogP contribution is 2.36. The fourth-order valence-corrected chi connectivity index (χ4v) is 2.95. The van der Waals surface area contributed by atoms with Crippen LogP contribution in [0.2, 0.25) is 0 Å². The van der Waals surface area contributed by atoms with E-state index in [2.05, 4.69) is 10.0 Å². The molecule has 0 aromatic rings. The van der Waals surface area contributed by atoms with Crippen LogP contribution < -0.4 is 0 Å². The van der Waals surface area contributed by atoms with Crippen molar-refractivity contribution in [1.82, 2.24) is 4.90 Å². The quantitative estimate of drug-likeness (QED) is 0.422. The smallest absolute Gasteiger partial charge is 0.410 e. The summed E-state index contributed by atoms with van der Waals surface area (Å²) in [5, 5.41) is 3.83. The Balaban J connectivity index is 1.90. The Hall–Kier alpha value is -1.46. The monoisotopic (exact) mass is 296 g/mol. The number of ether oxygens (including phenoxy) is 2. The molecular weight excluding hydrogens is 272 g/mol. The molecular formula is C14H24N4O3. The first-order valence-electron chi connectivity index (χ1n) is 7.50. The van der Waals surface area contributed by atoms with E-state index >= 15 is 0 Å². The van der Waals surface area contributed by atoms with Gasteiger partial charge in [0.1, 0.15) is 5.60 Å². The van der Waals surface area contributed by atoms with Crippen LogP contribution >= 0.6 is 0 Å². The van der Waals surface area contributed by atoms with Crippen LogP contribution in [0.25, 0.3) is 10.4 Å². The minimum absolute atomic E-state index is 0.0110. The highest BCUT2D eigenvalue weighted by atomic mass is 16.6. The first kappa shape index (κ1) is 15.9. The molecule has 2 aliphatic rings. The maximum atomic E-state index is 12.0. The van der Waals surface area contributed by atoms with Gasteiger partial charge in [0.2, 0.25) is 0 Å². The van der Waals surface area contributed by atoms with Crippen molar-refractivity contribution in [1.29, 1.82) is 0 Å². The summed E-state index contributed by atoms with van der Waals surface area (Å²) in [6.45, 7) is 7.47. The Morgan fingerprint density at radius 3 is 2.67 bits per heavy atom. The zero-order valence-electron chi connectivity index (χ0n) is 13.0. The second-order valence-corrected chi connectivity index (χ2v) is 6.85. The minimum Gasteiger partial charge on any atom is -0.444 e. The molecule has 0 aliphatic carbocycles. The Bertz CT molecular complexity index is 432. The highest BCUT2D eigenvalue weighted by Gasteiger charge is 2.41. The SMILES string of the molecule is CC(C)(C)OC(=O)N1CCC2(CC1)CC(N=[N+]=[N-])CCO2. The van der Waals surface area contributed by atoms with Crippen LogP contribution in [0.1, 0.15) is 46.5 Å². The molecule has 21 heavy (non-hydrogen) atoms. The summed E-state index contributed by atoms with van der Waals surface area (Å²) in [5.74, 6) is 0. The van der Waals surface area contributed by atoms with Crippen LogP contribution in [0.5, 0.6) is 0 Å². The van der Waals surface area contributed by atoms with E-state index in [0.29, 0.717) is 19.7 Å². The lowest BCUT2D eigenvalue weighted by molar-refractivity contribution is -0.115. The molecule has 0 bridgehead atoms. The van der Waals surface area contributed by atoms with Gasteiger partial charge >= 0.3 is 6.09 Å². The van der Waals surface area contributed by atoms with Gasteiger partial charge in [-0.15, -0.1) is 0 Å². The third-order valence-corrected chi connectivity index (χ3v) is 4.01. The molecule has 1 amide bonds. The van der Waals surface area contributed by atoms with Crippen molar-refractivity contribution in [3.8, 4) is 0 Å². The normalized spacial score (nSPS) is 25.3. The number of likely N-dealkylation sites (tertiary alicyclic amines) is 1. The summed E-state index contributed by atoms with van der Waals surface area (Å²) in [6.07, 6.45) is 2.80. The van der Waals surface area contributed by atoms with Gasteiger partial charge in [-0.05, 0) is 52.0 Å². The van der Waals surface area contributed by atoms with Crippen LogP contribution in [0.4, 0.5) is 4.79 Å². The molecule has 1 spiro atoms. The lowest BCUT2D eigenvalue weighted by atomic mass is 9.82. The lowest BCUT2D eigenvalue weighted by Crippen LogP contribution is -2.52. The third kappa shape index (κ3) is 4.25. The van der Waals surface area contributed by atoms with E-state index < -0.39 is 5.60 Å². The average molecular weight is 296 g/mol. The number of hydrogen-bond acceptors (Lipinski definition) is 4. The van der Waals surface area contributed by atoms with Gasteiger partial charge in [0.05, 0.1) is 5.60 Å². The summed E-state index contributed by atoms with van der Waals surface area (Å²) in [5.41, 5.74) is 7.86. The van der Waals surface area contributed by atoms with E-state index in [0.717, 1.165) is 25.7 Å². The van der Waals surface area contributed by atoms with Crippen molar-refractivity contribution in [3.05, 3.63) is 10.4 Å². The number of carbonyl (C=O) groups is 1. The summed E-state index contributed by atoms with van der Waals surface area (Å²) in [7, 11) is 0. The topological polar surface area (TPSA) is 87.5 Å². The maximum absolute atomic E-state index is 12.0. The number of amides is 1. The molecule has 2 heterocycles. The summed E-state index contributed by atoms with van der Waals surface area (Å²) < 4.78 is 11.3. The molecule has 7 heteroatoms. The molecule has 0 aromatic heterocycles. The number of hydrogen-bond donors (Lipinski definition) is 0. The van der Waals surface area contributed by atoms with E-state index in [1.165, 1.54) is 0 Å². The molecule has 1 atom stereocenters. The van der Waals surface area contributed by atoms with Crippen molar-refractivity contribution in [3.63, 3.8) is 0 Å². The molecule has 118 valence electrons. The van der Waals surface area contributed by atoms with Crippen LogP contribution in [-0.2, 0) is 9.47 Å². The molecule has 0 N–H and O–H groups in total. The summed E-state index contributed by atoms with van der Waals surface area (Å²) >= 11 is 0. The number of piperidine rings is 1. The van der Waals surface area contributed by atoms with Gasteiger partial charge in [0.25, 0.3) is 0 Å². The Morgan fingerprint density at radius 2 is 2.10 bits per heavy atom. The zero-order valence-corrected chi connectivity index (χ0v) is 13.0. The number of rotatable bonds is 1. The van der Waals surface area contributed by atoms with E-state index in [9.17, 15) is 4.79 Å². The van der Waals surface area contributed by atoms with Crippen LogP contribution in [0.3, 0.4) is 0 Å². The molecule has 2 fully saturated rings. The van der Waals surface area contributed by atoms with E-state index in [1.807, 2.05) is 20.8 Å². The van der Waals surface area contributed by atoms with Crippen LogP contribution in [-0.4, -0.2) is 47.9 Å². The molecule has 7 nitrogen and oxygen atoms in total.